The molecular formula is C33H30ClN3O3S. The SMILES string of the molecule is Cc1ccc(C)c(NC(=O)C(C)Sc2cccc(NC(=O)/C(=C\c3ccccc3Cl)NC(=O)c3ccccc3)c2)c1. The largest absolute Gasteiger partial charge is 0.325 e. The number of rotatable bonds is 9. The molecule has 0 bridgehead atoms. The van der Waals surface area contributed by atoms with Crippen LogP contribution in [0.1, 0.15) is 34.0 Å². The molecule has 0 saturated heterocycles. The van der Waals surface area contributed by atoms with Crippen molar-refractivity contribution >= 4 is 58.5 Å². The van der Waals surface area contributed by atoms with Gasteiger partial charge in [0, 0.05) is 26.9 Å². The van der Waals surface area contributed by atoms with Crippen LogP contribution in [0.15, 0.2) is 108 Å². The Morgan fingerprint density at radius 2 is 1.56 bits per heavy atom. The van der Waals surface area contributed by atoms with Gasteiger partial charge < -0.3 is 16.0 Å². The molecule has 4 rings (SSSR count). The van der Waals surface area contributed by atoms with E-state index in [0.717, 1.165) is 21.7 Å². The Morgan fingerprint density at radius 3 is 2.32 bits per heavy atom. The molecule has 6 nitrogen and oxygen atoms in total. The average Bonchev–Trinajstić information content (AvgIpc) is 2.96. The summed E-state index contributed by atoms with van der Waals surface area (Å²) in [7, 11) is 0. The van der Waals surface area contributed by atoms with Gasteiger partial charge in [-0.3, -0.25) is 14.4 Å². The van der Waals surface area contributed by atoms with Crippen LogP contribution in [0.2, 0.25) is 5.02 Å². The molecule has 1 unspecified atom stereocenters. The molecule has 0 aliphatic carbocycles. The molecular weight excluding hydrogens is 554 g/mol. The van der Waals surface area contributed by atoms with Crippen LogP contribution in [-0.2, 0) is 9.59 Å². The number of thioether (sulfide) groups is 1. The van der Waals surface area contributed by atoms with Gasteiger partial charge in [-0.05, 0) is 86.0 Å². The van der Waals surface area contributed by atoms with Crippen molar-refractivity contribution in [3.63, 3.8) is 0 Å². The molecule has 3 N–H and O–H groups in total. The van der Waals surface area contributed by atoms with Gasteiger partial charge >= 0.3 is 0 Å². The highest BCUT2D eigenvalue weighted by Gasteiger charge is 2.18. The van der Waals surface area contributed by atoms with Crippen molar-refractivity contribution in [2.24, 2.45) is 0 Å². The summed E-state index contributed by atoms with van der Waals surface area (Å²) in [6.45, 7) is 5.77. The van der Waals surface area contributed by atoms with E-state index in [-0.39, 0.29) is 16.9 Å². The predicted molar refractivity (Wildman–Crippen MR) is 168 cm³/mol. The molecule has 41 heavy (non-hydrogen) atoms. The number of carbonyl (C=O) groups excluding carboxylic acids is 3. The van der Waals surface area contributed by atoms with E-state index in [4.69, 9.17) is 11.6 Å². The number of amides is 3. The van der Waals surface area contributed by atoms with Gasteiger partial charge in [0.15, 0.2) is 0 Å². The maximum Gasteiger partial charge on any atom is 0.272 e. The molecule has 0 fully saturated rings. The molecule has 0 heterocycles. The molecule has 0 radical (unpaired) electrons. The summed E-state index contributed by atoms with van der Waals surface area (Å²) >= 11 is 7.70. The van der Waals surface area contributed by atoms with Crippen molar-refractivity contribution in [3.8, 4) is 0 Å². The van der Waals surface area contributed by atoms with E-state index in [1.165, 1.54) is 17.8 Å². The van der Waals surface area contributed by atoms with Gasteiger partial charge in [0.05, 0.1) is 5.25 Å². The molecule has 4 aromatic carbocycles. The number of hydrogen-bond acceptors (Lipinski definition) is 4. The molecule has 0 aromatic heterocycles. The molecule has 0 aliphatic heterocycles. The number of aryl methyl sites for hydroxylation is 2. The third kappa shape index (κ3) is 8.33. The van der Waals surface area contributed by atoms with E-state index in [1.807, 2.05) is 51.1 Å². The second kappa shape index (κ2) is 13.8. The van der Waals surface area contributed by atoms with Crippen LogP contribution in [0.4, 0.5) is 11.4 Å². The topological polar surface area (TPSA) is 87.3 Å². The standard InChI is InChI=1S/C33H30ClN3O3S/c1-21-16-17-22(2)29(18-21)36-31(38)23(3)41-27-14-9-13-26(20-27)35-33(40)30(19-25-12-7-8-15-28(25)34)37-32(39)24-10-5-4-6-11-24/h4-20,23H,1-3H3,(H,35,40)(H,36,38)(H,37,39)/b30-19+. The van der Waals surface area contributed by atoms with Crippen molar-refractivity contribution in [1.29, 1.82) is 0 Å². The molecule has 1 atom stereocenters. The van der Waals surface area contributed by atoms with E-state index in [9.17, 15) is 14.4 Å². The normalized spacial score (nSPS) is 11.9. The van der Waals surface area contributed by atoms with E-state index in [1.54, 1.807) is 66.7 Å². The highest BCUT2D eigenvalue weighted by atomic mass is 35.5. The lowest BCUT2D eigenvalue weighted by Crippen LogP contribution is -2.30. The Kier molecular flexibility index (Phi) is 10.0. The van der Waals surface area contributed by atoms with Gasteiger partial charge in [0.1, 0.15) is 5.70 Å². The summed E-state index contributed by atoms with van der Waals surface area (Å²) in [4.78, 5) is 40.0. The zero-order valence-electron chi connectivity index (χ0n) is 22.9. The van der Waals surface area contributed by atoms with Gasteiger partial charge in [-0.1, -0.05) is 66.2 Å². The van der Waals surface area contributed by atoms with Gasteiger partial charge in [0.25, 0.3) is 11.8 Å². The monoisotopic (exact) mass is 583 g/mol. The average molecular weight is 584 g/mol. The number of halogens is 1. The quantitative estimate of drug-likeness (QED) is 0.141. The van der Waals surface area contributed by atoms with E-state index in [0.29, 0.717) is 21.8 Å². The van der Waals surface area contributed by atoms with Crippen molar-refractivity contribution in [2.75, 3.05) is 10.6 Å². The lowest BCUT2D eigenvalue weighted by atomic mass is 10.1. The molecule has 0 spiro atoms. The highest BCUT2D eigenvalue weighted by molar-refractivity contribution is 8.00. The van der Waals surface area contributed by atoms with Crippen molar-refractivity contribution in [2.45, 2.75) is 30.9 Å². The molecule has 0 aliphatic rings. The van der Waals surface area contributed by atoms with Crippen LogP contribution in [0, 0.1) is 13.8 Å². The molecule has 3 amide bonds. The number of benzene rings is 4. The zero-order chi connectivity index (χ0) is 29.4. The highest BCUT2D eigenvalue weighted by Crippen LogP contribution is 2.28. The minimum absolute atomic E-state index is 0.0336. The number of carbonyl (C=O) groups is 3. The molecule has 0 saturated carbocycles. The van der Waals surface area contributed by atoms with Crippen LogP contribution in [0.25, 0.3) is 6.08 Å². The Balaban J connectivity index is 1.49. The summed E-state index contributed by atoms with van der Waals surface area (Å²) in [5.41, 5.74) is 4.40. The van der Waals surface area contributed by atoms with Crippen LogP contribution in [0.3, 0.4) is 0 Å². The van der Waals surface area contributed by atoms with Crippen LogP contribution in [0.5, 0.6) is 0 Å². The van der Waals surface area contributed by atoms with E-state index in [2.05, 4.69) is 16.0 Å². The third-order valence-corrected chi connectivity index (χ3v) is 7.60. The molecule has 4 aromatic rings. The Labute approximate surface area is 249 Å². The minimum Gasteiger partial charge on any atom is -0.325 e. The lowest BCUT2D eigenvalue weighted by Gasteiger charge is -2.15. The first-order valence-electron chi connectivity index (χ1n) is 13.0. The third-order valence-electron chi connectivity index (χ3n) is 6.16. The number of nitrogens with one attached hydrogen (secondary N) is 3. The first kappa shape index (κ1) is 29.6. The van der Waals surface area contributed by atoms with Crippen molar-refractivity contribution in [3.05, 3.63) is 130 Å². The first-order valence-corrected chi connectivity index (χ1v) is 14.2. The fraction of sp³-hybridized carbons (Fsp3) is 0.121. The van der Waals surface area contributed by atoms with Gasteiger partial charge in [-0.25, -0.2) is 0 Å². The van der Waals surface area contributed by atoms with Gasteiger partial charge in [0.2, 0.25) is 5.91 Å². The number of anilines is 2. The Morgan fingerprint density at radius 1 is 0.829 bits per heavy atom. The summed E-state index contributed by atoms with van der Waals surface area (Å²) in [5, 5.41) is 8.63. The first-order chi connectivity index (χ1) is 19.7. The summed E-state index contributed by atoms with van der Waals surface area (Å²) in [6.07, 6.45) is 1.54. The predicted octanol–water partition coefficient (Wildman–Crippen LogP) is 7.49. The number of hydrogen-bond donors (Lipinski definition) is 3. The van der Waals surface area contributed by atoms with E-state index >= 15 is 0 Å². The van der Waals surface area contributed by atoms with Crippen LogP contribution in [-0.4, -0.2) is 23.0 Å². The Bertz CT molecular complexity index is 1600. The zero-order valence-corrected chi connectivity index (χ0v) is 24.5. The summed E-state index contributed by atoms with van der Waals surface area (Å²) in [6, 6.07) is 28.8. The second-order valence-corrected chi connectivity index (χ2v) is 11.3. The van der Waals surface area contributed by atoms with Gasteiger partial charge in [-0.15, -0.1) is 11.8 Å². The van der Waals surface area contributed by atoms with Crippen molar-refractivity contribution < 1.29 is 14.4 Å². The minimum atomic E-state index is -0.517. The lowest BCUT2D eigenvalue weighted by molar-refractivity contribution is -0.115. The second-order valence-electron chi connectivity index (χ2n) is 9.45. The maximum absolute atomic E-state index is 13.4. The van der Waals surface area contributed by atoms with Crippen LogP contribution < -0.4 is 16.0 Å². The van der Waals surface area contributed by atoms with E-state index < -0.39 is 11.8 Å². The fourth-order valence-electron chi connectivity index (χ4n) is 3.90. The summed E-state index contributed by atoms with van der Waals surface area (Å²) < 4.78 is 0. The Hall–Kier alpha value is -4.33. The summed E-state index contributed by atoms with van der Waals surface area (Å²) in [5.74, 6) is -1.06. The smallest absolute Gasteiger partial charge is 0.272 e. The van der Waals surface area contributed by atoms with Crippen LogP contribution >= 0.6 is 23.4 Å². The van der Waals surface area contributed by atoms with Crippen molar-refractivity contribution in [1.82, 2.24) is 5.32 Å². The fourth-order valence-corrected chi connectivity index (χ4v) is 5.01. The molecule has 208 valence electrons. The maximum atomic E-state index is 13.4. The van der Waals surface area contributed by atoms with Gasteiger partial charge in [-0.2, -0.15) is 0 Å². The molecule has 8 heteroatoms.